The molecule has 0 aliphatic heterocycles. The van der Waals surface area contributed by atoms with Crippen molar-refractivity contribution in [1.82, 2.24) is 5.32 Å². The molecule has 0 atom stereocenters. The maximum atomic E-state index is 12.1. The summed E-state index contributed by atoms with van der Waals surface area (Å²) < 4.78 is 10.2. The second-order valence-electron chi connectivity index (χ2n) is 6.20. The van der Waals surface area contributed by atoms with Gasteiger partial charge in [-0.15, -0.1) is 0 Å². The van der Waals surface area contributed by atoms with Crippen molar-refractivity contribution in [3.63, 3.8) is 0 Å². The van der Waals surface area contributed by atoms with Gasteiger partial charge in [-0.2, -0.15) is 5.10 Å². The molecule has 0 aromatic heterocycles. The average Bonchev–Trinajstić information content (AvgIpc) is 2.75. The van der Waals surface area contributed by atoms with Crippen molar-refractivity contribution in [2.24, 2.45) is 5.10 Å². The van der Waals surface area contributed by atoms with Crippen LogP contribution < -0.4 is 10.7 Å². The fourth-order valence-electron chi connectivity index (χ4n) is 2.44. The third-order valence-corrected chi connectivity index (χ3v) is 3.93. The molecule has 0 saturated heterocycles. The number of nitrogens with one attached hydrogen (secondary N) is 2. The maximum absolute atomic E-state index is 12.1. The summed E-state index contributed by atoms with van der Waals surface area (Å²) in [5.41, 5.74) is 4.92. The molecule has 29 heavy (non-hydrogen) atoms. The summed E-state index contributed by atoms with van der Waals surface area (Å²) in [6.45, 7) is 2.73. The van der Waals surface area contributed by atoms with Gasteiger partial charge in [-0.1, -0.05) is 48.5 Å². The zero-order valence-corrected chi connectivity index (χ0v) is 16.6. The Kier molecular flexibility index (Phi) is 9.79. The zero-order chi connectivity index (χ0) is 20.7. The number of hydrogen-bond acceptors (Lipinski definition) is 6. The van der Waals surface area contributed by atoms with Crippen molar-refractivity contribution in [2.75, 3.05) is 18.6 Å². The summed E-state index contributed by atoms with van der Waals surface area (Å²) in [7, 11) is 0. The molecule has 2 aromatic carbocycles. The quantitative estimate of drug-likeness (QED) is 0.258. The molecule has 0 bridgehead atoms. The van der Waals surface area contributed by atoms with Crippen LogP contribution in [0.1, 0.15) is 31.7 Å². The van der Waals surface area contributed by atoms with Gasteiger partial charge in [0.25, 0.3) is 0 Å². The van der Waals surface area contributed by atoms with Gasteiger partial charge in [-0.3, -0.25) is 5.43 Å². The van der Waals surface area contributed by atoms with Gasteiger partial charge in [-0.25, -0.2) is 9.59 Å². The van der Waals surface area contributed by atoms with Crippen molar-refractivity contribution < 1.29 is 19.1 Å². The summed E-state index contributed by atoms with van der Waals surface area (Å²) in [5.74, 6) is -0.439. The van der Waals surface area contributed by atoms with E-state index in [0.29, 0.717) is 31.5 Å². The number of amides is 1. The second-order valence-corrected chi connectivity index (χ2v) is 6.20. The minimum absolute atomic E-state index is 0.234. The van der Waals surface area contributed by atoms with Gasteiger partial charge < -0.3 is 14.8 Å². The molecule has 0 saturated carbocycles. The highest BCUT2D eigenvalue weighted by molar-refractivity contribution is 6.36. The van der Waals surface area contributed by atoms with Crippen LogP contribution in [0, 0.1) is 0 Å². The largest absolute Gasteiger partial charge is 0.461 e. The number of anilines is 1. The first-order valence-electron chi connectivity index (χ1n) is 9.68. The van der Waals surface area contributed by atoms with Crippen molar-refractivity contribution in [3.8, 4) is 0 Å². The highest BCUT2D eigenvalue weighted by Crippen LogP contribution is 2.07. The molecule has 0 fully saturated rings. The van der Waals surface area contributed by atoms with E-state index in [4.69, 9.17) is 9.47 Å². The summed E-state index contributed by atoms with van der Waals surface area (Å²) in [6.07, 6.45) is 1.34. The maximum Gasteiger partial charge on any atom is 0.407 e. The van der Waals surface area contributed by atoms with Gasteiger partial charge in [0.2, 0.25) is 0 Å². The topological polar surface area (TPSA) is 89.0 Å². The number of carbonyl (C=O) groups excluding carboxylic acids is 2. The number of hydrogen-bond donors (Lipinski definition) is 2. The Hall–Kier alpha value is -3.35. The minimum atomic E-state index is -0.459. The molecule has 0 aliphatic rings. The Bertz CT molecular complexity index is 779. The fraction of sp³-hybridized carbons (Fsp3) is 0.318. The van der Waals surface area contributed by atoms with Crippen LogP contribution in [-0.2, 0) is 20.9 Å². The predicted molar refractivity (Wildman–Crippen MR) is 113 cm³/mol. The number of para-hydroxylation sites is 1. The van der Waals surface area contributed by atoms with E-state index in [-0.39, 0.29) is 13.2 Å². The van der Waals surface area contributed by atoms with Gasteiger partial charge in [-0.05, 0) is 43.9 Å². The van der Waals surface area contributed by atoms with E-state index < -0.39 is 12.1 Å². The smallest absolute Gasteiger partial charge is 0.407 e. The van der Waals surface area contributed by atoms with Gasteiger partial charge in [0.15, 0.2) is 0 Å². The molecule has 2 N–H and O–H groups in total. The molecule has 154 valence electrons. The first-order valence-corrected chi connectivity index (χ1v) is 9.68. The molecule has 2 aromatic rings. The van der Waals surface area contributed by atoms with Crippen LogP contribution in [0.15, 0.2) is 65.8 Å². The average molecular weight is 397 g/mol. The standard InChI is InChI=1S/C22H27N3O4/c1-2-28-21(26)20(25-24-19-13-7-4-8-14-19)15-9-10-16-23-22(27)29-17-18-11-5-3-6-12-18/h3-8,11-14,24H,2,9-10,15-17H2,1H3,(H,23,27)/b25-20+. The molecular weight excluding hydrogens is 370 g/mol. The SMILES string of the molecule is CCOC(=O)/C(CCCCNC(=O)OCc1ccccc1)=N/Nc1ccccc1. The normalized spacial score (nSPS) is 10.9. The van der Waals surface area contributed by atoms with E-state index in [2.05, 4.69) is 15.8 Å². The third kappa shape index (κ3) is 8.92. The van der Waals surface area contributed by atoms with Crippen LogP contribution >= 0.6 is 0 Å². The molecule has 2 rings (SSSR count). The fourth-order valence-corrected chi connectivity index (χ4v) is 2.44. The summed E-state index contributed by atoms with van der Waals surface area (Å²) in [6, 6.07) is 18.9. The van der Waals surface area contributed by atoms with Gasteiger partial charge in [0, 0.05) is 6.54 Å². The molecular formula is C22H27N3O4. The molecule has 0 aliphatic carbocycles. The van der Waals surface area contributed by atoms with Crippen LogP contribution in [-0.4, -0.2) is 30.9 Å². The summed E-state index contributed by atoms with van der Waals surface area (Å²) in [4.78, 5) is 23.8. The van der Waals surface area contributed by atoms with Crippen LogP contribution in [0.4, 0.5) is 10.5 Å². The molecule has 7 nitrogen and oxygen atoms in total. The first kappa shape index (κ1) is 21.9. The lowest BCUT2D eigenvalue weighted by Gasteiger charge is -2.09. The van der Waals surface area contributed by atoms with E-state index in [1.807, 2.05) is 60.7 Å². The Morgan fingerprint density at radius 2 is 1.62 bits per heavy atom. The molecule has 0 unspecified atom stereocenters. The highest BCUT2D eigenvalue weighted by atomic mass is 16.5. The van der Waals surface area contributed by atoms with E-state index >= 15 is 0 Å². The predicted octanol–water partition coefficient (Wildman–Crippen LogP) is 4.11. The highest BCUT2D eigenvalue weighted by Gasteiger charge is 2.13. The van der Waals surface area contributed by atoms with Gasteiger partial charge in [0.1, 0.15) is 12.3 Å². The lowest BCUT2D eigenvalue weighted by molar-refractivity contribution is -0.135. The second kappa shape index (κ2) is 12.9. The first-order chi connectivity index (χ1) is 14.2. The van der Waals surface area contributed by atoms with Gasteiger partial charge in [0.05, 0.1) is 12.3 Å². The zero-order valence-electron chi connectivity index (χ0n) is 16.6. The van der Waals surface area contributed by atoms with E-state index in [1.54, 1.807) is 6.92 Å². The summed E-state index contributed by atoms with van der Waals surface area (Å²) >= 11 is 0. The van der Waals surface area contributed by atoms with Crippen LogP contribution in [0.5, 0.6) is 0 Å². The van der Waals surface area contributed by atoms with Crippen LogP contribution in [0.25, 0.3) is 0 Å². The Labute approximate surface area is 171 Å². The van der Waals surface area contributed by atoms with E-state index in [0.717, 1.165) is 11.3 Å². The number of nitrogens with zero attached hydrogens (tertiary/aromatic N) is 1. The number of benzene rings is 2. The van der Waals surface area contributed by atoms with Crippen LogP contribution in [0.2, 0.25) is 0 Å². The minimum Gasteiger partial charge on any atom is -0.461 e. The van der Waals surface area contributed by atoms with Gasteiger partial charge >= 0.3 is 12.1 Å². The summed E-state index contributed by atoms with van der Waals surface area (Å²) in [5, 5.41) is 6.89. The lowest BCUT2D eigenvalue weighted by Crippen LogP contribution is -2.25. The molecule has 0 radical (unpaired) electrons. The van der Waals surface area contributed by atoms with E-state index in [1.165, 1.54) is 0 Å². The lowest BCUT2D eigenvalue weighted by atomic mass is 10.1. The van der Waals surface area contributed by atoms with Crippen molar-refractivity contribution >= 4 is 23.5 Å². The molecule has 0 spiro atoms. The van der Waals surface area contributed by atoms with Crippen molar-refractivity contribution in [3.05, 3.63) is 66.2 Å². The Morgan fingerprint density at radius 3 is 2.31 bits per heavy atom. The number of rotatable bonds is 11. The van der Waals surface area contributed by atoms with E-state index in [9.17, 15) is 9.59 Å². The van der Waals surface area contributed by atoms with Crippen molar-refractivity contribution in [1.29, 1.82) is 0 Å². The number of hydrazone groups is 1. The number of esters is 1. The Morgan fingerprint density at radius 1 is 0.931 bits per heavy atom. The monoisotopic (exact) mass is 397 g/mol. The van der Waals surface area contributed by atoms with Crippen LogP contribution in [0.3, 0.4) is 0 Å². The number of alkyl carbamates (subject to hydrolysis) is 1. The van der Waals surface area contributed by atoms with Crippen molar-refractivity contribution in [2.45, 2.75) is 32.8 Å². The molecule has 1 amide bonds. The number of ether oxygens (including phenoxy) is 2. The number of unbranched alkanes of at least 4 members (excludes halogenated alkanes) is 1. The molecule has 0 heterocycles. The Balaban J connectivity index is 1.70. The number of carbonyl (C=O) groups is 2. The molecule has 7 heteroatoms. The third-order valence-electron chi connectivity index (χ3n) is 3.93.